The third-order valence-corrected chi connectivity index (χ3v) is 4.80. The van der Waals surface area contributed by atoms with Crippen LogP contribution in [-0.2, 0) is 22.6 Å². The van der Waals surface area contributed by atoms with Gasteiger partial charge in [0.15, 0.2) is 0 Å². The molecule has 2 aromatic rings. The second-order valence-electron chi connectivity index (χ2n) is 7.49. The van der Waals surface area contributed by atoms with Crippen LogP contribution in [-0.4, -0.2) is 32.6 Å². The Morgan fingerprint density at radius 3 is 2.29 bits per heavy atom. The highest BCUT2D eigenvalue weighted by Crippen LogP contribution is 2.28. The molecule has 0 aliphatic rings. The van der Waals surface area contributed by atoms with Crippen molar-refractivity contribution >= 4 is 5.71 Å². The van der Waals surface area contributed by atoms with Gasteiger partial charge in [-0.2, -0.15) is 0 Å². The third-order valence-electron chi connectivity index (χ3n) is 4.80. The van der Waals surface area contributed by atoms with Gasteiger partial charge in [0, 0.05) is 0 Å². The molecule has 2 aromatic carbocycles. The van der Waals surface area contributed by atoms with Crippen LogP contribution in [0.15, 0.2) is 53.7 Å². The van der Waals surface area contributed by atoms with Gasteiger partial charge in [-0.15, -0.1) is 0 Å². The Kier molecular flexibility index (Phi) is 10.7. The molecule has 168 valence electrons. The summed E-state index contributed by atoms with van der Waals surface area (Å²) in [6.07, 6.45) is 5.80. The minimum atomic E-state index is 0.511. The van der Waals surface area contributed by atoms with E-state index in [1.54, 1.807) is 7.11 Å². The predicted octanol–water partition coefficient (Wildman–Crippen LogP) is 5.81. The molecule has 0 heterocycles. The van der Waals surface area contributed by atoms with E-state index < -0.39 is 0 Å². The van der Waals surface area contributed by atoms with Gasteiger partial charge < -0.3 is 19.0 Å². The summed E-state index contributed by atoms with van der Waals surface area (Å²) in [6, 6.07) is 12.5. The van der Waals surface area contributed by atoms with Gasteiger partial charge in [-0.1, -0.05) is 41.6 Å². The Morgan fingerprint density at radius 1 is 0.968 bits per heavy atom. The minimum Gasteiger partial charge on any atom is -0.491 e. The Bertz CT molecular complexity index is 833. The van der Waals surface area contributed by atoms with Crippen molar-refractivity contribution in [1.29, 1.82) is 0 Å². The molecule has 0 unspecified atom stereocenters. The van der Waals surface area contributed by atoms with Gasteiger partial charge in [0.05, 0.1) is 18.9 Å². The van der Waals surface area contributed by atoms with E-state index in [-0.39, 0.29) is 0 Å². The van der Waals surface area contributed by atoms with E-state index in [0.29, 0.717) is 26.4 Å². The molecule has 0 saturated carbocycles. The first-order valence-corrected chi connectivity index (χ1v) is 10.7. The average Bonchev–Trinajstić information content (AvgIpc) is 2.75. The lowest BCUT2D eigenvalue weighted by Gasteiger charge is -2.14. The molecular weight excluding hydrogens is 390 g/mol. The van der Waals surface area contributed by atoms with E-state index in [4.69, 9.17) is 19.0 Å². The van der Waals surface area contributed by atoms with Crippen LogP contribution in [0.2, 0.25) is 0 Å². The van der Waals surface area contributed by atoms with Crippen molar-refractivity contribution in [3.8, 4) is 11.5 Å². The lowest BCUT2D eigenvalue weighted by atomic mass is 10.1. The van der Waals surface area contributed by atoms with Crippen LogP contribution < -0.4 is 9.47 Å². The summed E-state index contributed by atoms with van der Waals surface area (Å²) in [6.45, 7) is 10.2. The first-order valence-electron chi connectivity index (χ1n) is 10.7. The van der Waals surface area contributed by atoms with Crippen molar-refractivity contribution < 1.29 is 19.0 Å². The molecule has 0 aliphatic carbocycles. The number of aryl methyl sites for hydroxylation is 3. The van der Waals surface area contributed by atoms with Gasteiger partial charge in [-0.25, -0.2) is 0 Å². The molecule has 5 nitrogen and oxygen atoms in total. The second kappa shape index (κ2) is 13.5. The fourth-order valence-electron chi connectivity index (χ4n) is 3.18. The SMILES string of the molecule is C/C=C/COc1cc(C)c(OCCOCc2ccc(CC/C(C)=N/OC)cc2)c(C)c1. The summed E-state index contributed by atoms with van der Waals surface area (Å²) in [5, 5.41) is 3.94. The van der Waals surface area contributed by atoms with Gasteiger partial charge in [0.25, 0.3) is 0 Å². The molecule has 0 atom stereocenters. The number of ether oxygens (including phenoxy) is 3. The number of allylic oxidation sites excluding steroid dienone is 1. The molecule has 0 bridgehead atoms. The Hall–Kier alpha value is -2.79. The number of nitrogens with zero attached hydrogens (tertiary/aromatic N) is 1. The van der Waals surface area contributed by atoms with Crippen LogP contribution in [0.4, 0.5) is 0 Å². The van der Waals surface area contributed by atoms with Crippen LogP contribution >= 0.6 is 0 Å². The average molecular weight is 426 g/mol. The molecule has 0 aliphatic heterocycles. The molecule has 0 aromatic heterocycles. The molecule has 2 rings (SSSR count). The Morgan fingerprint density at radius 2 is 1.65 bits per heavy atom. The summed E-state index contributed by atoms with van der Waals surface area (Å²) in [5.74, 6) is 1.76. The number of benzene rings is 2. The highest BCUT2D eigenvalue weighted by atomic mass is 16.6. The smallest absolute Gasteiger partial charge is 0.125 e. The van der Waals surface area contributed by atoms with Crippen molar-refractivity contribution in [2.45, 2.75) is 47.1 Å². The minimum absolute atomic E-state index is 0.511. The van der Waals surface area contributed by atoms with Gasteiger partial charge in [0.2, 0.25) is 0 Å². The maximum absolute atomic E-state index is 5.96. The number of oxime groups is 1. The standard InChI is InChI=1S/C26H35NO4/c1-6-7-14-30-25-17-20(2)26(21(3)18-25)31-16-15-29-19-24-12-10-23(11-13-24)9-8-22(4)27-28-5/h6-7,10-13,17-18H,8-9,14-16,19H2,1-5H3/b7-6+,27-22+. The zero-order chi connectivity index (χ0) is 22.5. The van der Waals surface area contributed by atoms with E-state index in [2.05, 4.69) is 29.4 Å². The van der Waals surface area contributed by atoms with E-state index in [9.17, 15) is 0 Å². The van der Waals surface area contributed by atoms with Crippen LogP contribution in [0.3, 0.4) is 0 Å². The fourth-order valence-corrected chi connectivity index (χ4v) is 3.18. The van der Waals surface area contributed by atoms with Gasteiger partial charge in [-0.05, 0) is 74.9 Å². The van der Waals surface area contributed by atoms with Crippen LogP contribution in [0.25, 0.3) is 0 Å². The first-order chi connectivity index (χ1) is 15.0. The Labute approximate surface area is 186 Å². The van der Waals surface area contributed by atoms with Crippen LogP contribution in [0, 0.1) is 13.8 Å². The second-order valence-corrected chi connectivity index (χ2v) is 7.49. The lowest BCUT2D eigenvalue weighted by molar-refractivity contribution is 0.0884. The zero-order valence-electron chi connectivity index (χ0n) is 19.4. The van der Waals surface area contributed by atoms with Crippen molar-refractivity contribution in [1.82, 2.24) is 0 Å². The number of hydrogen-bond acceptors (Lipinski definition) is 5. The summed E-state index contributed by atoms with van der Waals surface area (Å²) in [5.41, 5.74) is 5.56. The molecule has 31 heavy (non-hydrogen) atoms. The summed E-state index contributed by atoms with van der Waals surface area (Å²) >= 11 is 0. The fraction of sp³-hybridized carbons (Fsp3) is 0.423. The molecule has 5 heteroatoms. The molecule has 0 radical (unpaired) electrons. The third kappa shape index (κ3) is 8.85. The normalized spacial score (nSPS) is 11.7. The van der Waals surface area contributed by atoms with Gasteiger partial charge in [-0.3, -0.25) is 0 Å². The van der Waals surface area contributed by atoms with E-state index in [1.165, 1.54) is 5.56 Å². The van der Waals surface area contributed by atoms with E-state index in [0.717, 1.165) is 46.7 Å². The van der Waals surface area contributed by atoms with Crippen molar-refractivity contribution in [3.05, 3.63) is 70.8 Å². The highest BCUT2D eigenvalue weighted by Gasteiger charge is 2.07. The van der Waals surface area contributed by atoms with Gasteiger partial charge >= 0.3 is 0 Å². The van der Waals surface area contributed by atoms with Crippen LogP contribution in [0.5, 0.6) is 11.5 Å². The monoisotopic (exact) mass is 425 g/mol. The van der Waals surface area contributed by atoms with Crippen LogP contribution in [0.1, 0.15) is 42.5 Å². The molecule has 0 amide bonds. The van der Waals surface area contributed by atoms with E-state index >= 15 is 0 Å². The van der Waals surface area contributed by atoms with Crippen molar-refractivity contribution in [2.24, 2.45) is 5.16 Å². The topological polar surface area (TPSA) is 49.3 Å². The maximum atomic E-state index is 5.96. The number of hydrogen-bond donors (Lipinski definition) is 0. The molecule has 0 saturated heterocycles. The van der Waals surface area contributed by atoms with Gasteiger partial charge in [0.1, 0.15) is 31.8 Å². The molecule has 0 fully saturated rings. The summed E-state index contributed by atoms with van der Waals surface area (Å²) in [4.78, 5) is 4.79. The molecule has 0 N–H and O–H groups in total. The highest BCUT2D eigenvalue weighted by molar-refractivity contribution is 5.81. The maximum Gasteiger partial charge on any atom is 0.125 e. The largest absolute Gasteiger partial charge is 0.491 e. The summed E-state index contributed by atoms with van der Waals surface area (Å²) in [7, 11) is 1.57. The molecular formula is C26H35NO4. The Balaban J connectivity index is 1.72. The van der Waals surface area contributed by atoms with E-state index in [1.807, 2.05) is 52.0 Å². The first kappa shape index (κ1) is 24.5. The summed E-state index contributed by atoms with van der Waals surface area (Å²) < 4.78 is 17.5. The zero-order valence-corrected chi connectivity index (χ0v) is 19.4. The van der Waals surface area contributed by atoms with Crippen molar-refractivity contribution in [2.75, 3.05) is 26.9 Å². The lowest BCUT2D eigenvalue weighted by Crippen LogP contribution is -2.08. The number of rotatable bonds is 13. The quantitative estimate of drug-likeness (QED) is 0.176. The molecule has 0 spiro atoms. The predicted molar refractivity (Wildman–Crippen MR) is 126 cm³/mol. The van der Waals surface area contributed by atoms with Crippen molar-refractivity contribution in [3.63, 3.8) is 0 Å².